The minimum Gasteiger partial charge on any atom is -0.376 e. The topological polar surface area (TPSA) is 61.9 Å². The molecule has 0 fully saturated rings. The number of nitrogens with zero attached hydrogens (tertiary/aromatic N) is 2. The molecule has 0 saturated carbocycles. The van der Waals surface area contributed by atoms with Crippen molar-refractivity contribution in [3.05, 3.63) is 47.6 Å². The van der Waals surface area contributed by atoms with Gasteiger partial charge in [0.1, 0.15) is 29.4 Å². The molecule has 1 atom stereocenters. The van der Waals surface area contributed by atoms with E-state index in [2.05, 4.69) is 10.5 Å². The summed E-state index contributed by atoms with van der Waals surface area (Å²) in [5, 5.41) is 15.7. The molecule has 0 radical (unpaired) electrons. The molecule has 1 N–H and O–H groups in total. The van der Waals surface area contributed by atoms with Crippen LogP contribution in [0.25, 0.3) is 0 Å². The average molecular weight is 231 g/mol. The van der Waals surface area contributed by atoms with Crippen molar-refractivity contribution in [3.63, 3.8) is 0 Å². The quantitative estimate of drug-likeness (QED) is 0.882. The third kappa shape index (κ3) is 2.26. The molecule has 0 amide bonds. The second-order valence-corrected chi connectivity index (χ2v) is 3.56. The van der Waals surface area contributed by atoms with Crippen molar-refractivity contribution in [2.24, 2.45) is 0 Å². The smallest absolute Gasteiger partial charge is 0.143 e. The zero-order valence-corrected chi connectivity index (χ0v) is 9.14. The first-order chi connectivity index (χ1) is 8.22. The third-order valence-electron chi connectivity index (χ3n) is 2.40. The molecule has 0 spiro atoms. The number of hydrogen-bond acceptors (Lipinski definition) is 4. The maximum atomic E-state index is 13.3. The summed E-state index contributed by atoms with van der Waals surface area (Å²) in [6.45, 7) is 1.85. The van der Waals surface area contributed by atoms with E-state index < -0.39 is 5.82 Å². The fraction of sp³-hybridized carbons (Fsp3) is 0.167. The van der Waals surface area contributed by atoms with Crippen LogP contribution in [-0.4, -0.2) is 5.16 Å². The van der Waals surface area contributed by atoms with Crippen molar-refractivity contribution in [1.29, 1.82) is 5.26 Å². The predicted molar refractivity (Wildman–Crippen MR) is 59.7 cm³/mol. The lowest BCUT2D eigenvalue weighted by atomic mass is 10.1. The second kappa shape index (κ2) is 4.66. The van der Waals surface area contributed by atoms with Crippen molar-refractivity contribution in [3.8, 4) is 6.07 Å². The Morgan fingerprint density at radius 2 is 2.29 bits per heavy atom. The molecule has 1 aromatic heterocycles. The first-order valence-electron chi connectivity index (χ1n) is 5.08. The molecule has 0 saturated heterocycles. The Bertz CT molecular complexity index is 545. The first kappa shape index (κ1) is 11.1. The molecule has 0 aliphatic carbocycles. The Morgan fingerprint density at radius 1 is 1.47 bits per heavy atom. The largest absolute Gasteiger partial charge is 0.376 e. The third-order valence-corrected chi connectivity index (χ3v) is 2.40. The summed E-state index contributed by atoms with van der Waals surface area (Å²) < 4.78 is 18.1. The highest BCUT2D eigenvalue weighted by atomic mass is 19.1. The van der Waals surface area contributed by atoms with Crippen LogP contribution in [0, 0.1) is 17.1 Å². The van der Waals surface area contributed by atoms with Gasteiger partial charge in [0.2, 0.25) is 0 Å². The van der Waals surface area contributed by atoms with Gasteiger partial charge >= 0.3 is 0 Å². The van der Waals surface area contributed by atoms with Crippen molar-refractivity contribution >= 4 is 5.69 Å². The lowest BCUT2D eigenvalue weighted by Crippen LogP contribution is -2.08. The maximum absolute atomic E-state index is 13.3. The van der Waals surface area contributed by atoms with E-state index in [1.165, 1.54) is 12.3 Å². The molecule has 5 heteroatoms. The molecule has 0 aliphatic rings. The molecule has 2 aromatic rings. The molecule has 0 bridgehead atoms. The summed E-state index contributed by atoms with van der Waals surface area (Å²) in [5.41, 5.74) is 1.14. The number of nitrogens with one attached hydrogen (secondary N) is 1. The molecular formula is C12H10FN3O. The Hall–Kier alpha value is -2.35. The molecule has 0 aliphatic heterocycles. The SMILES string of the molecule is C[C@H](Nc1cccc(F)c1C#N)c1ccon1. The Morgan fingerprint density at radius 3 is 2.94 bits per heavy atom. The number of anilines is 1. The predicted octanol–water partition coefficient (Wildman–Crippen LogP) is 2.86. The number of hydrogen-bond donors (Lipinski definition) is 1. The highest BCUT2D eigenvalue weighted by Gasteiger charge is 2.12. The lowest BCUT2D eigenvalue weighted by molar-refractivity contribution is 0.409. The fourth-order valence-electron chi connectivity index (χ4n) is 1.51. The summed E-state index contributed by atoms with van der Waals surface area (Å²) in [4.78, 5) is 0. The van der Waals surface area contributed by atoms with Gasteiger partial charge in [0.05, 0.1) is 11.7 Å². The summed E-state index contributed by atoms with van der Waals surface area (Å²) in [7, 11) is 0. The lowest BCUT2D eigenvalue weighted by Gasteiger charge is -2.13. The normalized spacial score (nSPS) is 11.8. The van der Waals surface area contributed by atoms with Crippen LogP contribution in [0.2, 0.25) is 0 Å². The highest BCUT2D eigenvalue weighted by molar-refractivity contribution is 5.58. The molecule has 0 unspecified atom stereocenters. The van der Waals surface area contributed by atoms with E-state index in [1.807, 2.05) is 13.0 Å². The van der Waals surface area contributed by atoms with Crippen LogP contribution in [0.4, 0.5) is 10.1 Å². The standard InChI is InChI=1S/C12H10FN3O/c1-8(11-5-6-17-16-11)15-12-4-2-3-10(13)9(12)7-14/h2-6,8,15H,1H3/t8-/m0/s1. The van der Waals surface area contributed by atoms with E-state index >= 15 is 0 Å². The fourth-order valence-corrected chi connectivity index (χ4v) is 1.51. The summed E-state index contributed by atoms with van der Waals surface area (Å²) >= 11 is 0. The van der Waals surface area contributed by atoms with Gasteiger partial charge in [-0.1, -0.05) is 11.2 Å². The van der Waals surface area contributed by atoms with E-state index in [-0.39, 0.29) is 11.6 Å². The second-order valence-electron chi connectivity index (χ2n) is 3.56. The summed E-state index contributed by atoms with van der Waals surface area (Å²) in [6, 6.07) is 7.84. The van der Waals surface area contributed by atoms with E-state index in [0.717, 1.165) is 0 Å². The van der Waals surface area contributed by atoms with Crippen LogP contribution in [0.3, 0.4) is 0 Å². The Kier molecular flexibility index (Phi) is 3.06. The van der Waals surface area contributed by atoms with Crippen molar-refractivity contribution < 1.29 is 8.91 Å². The van der Waals surface area contributed by atoms with E-state index in [1.54, 1.807) is 18.2 Å². The van der Waals surface area contributed by atoms with Crippen molar-refractivity contribution in [1.82, 2.24) is 5.16 Å². The zero-order chi connectivity index (χ0) is 12.3. The number of rotatable bonds is 3. The van der Waals surface area contributed by atoms with E-state index in [4.69, 9.17) is 9.78 Å². The van der Waals surface area contributed by atoms with Gasteiger partial charge in [0.25, 0.3) is 0 Å². The number of benzene rings is 1. The minimum absolute atomic E-state index is 0.00263. The van der Waals surface area contributed by atoms with Gasteiger partial charge in [0, 0.05) is 6.07 Å². The summed E-state index contributed by atoms with van der Waals surface area (Å²) in [5.74, 6) is -0.537. The number of aromatic nitrogens is 1. The van der Waals surface area contributed by atoms with Gasteiger partial charge < -0.3 is 9.84 Å². The number of nitriles is 1. The van der Waals surface area contributed by atoms with Crippen LogP contribution in [0.5, 0.6) is 0 Å². The molecule has 86 valence electrons. The van der Waals surface area contributed by atoms with Crippen molar-refractivity contribution in [2.45, 2.75) is 13.0 Å². The van der Waals surface area contributed by atoms with Gasteiger partial charge in [-0.25, -0.2) is 4.39 Å². The van der Waals surface area contributed by atoms with Gasteiger partial charge in [-0.2, -0.15) is 5.26 Å². The average Bonchev–Trinajstić information content (AvgIpc) is 2.82. The monoisotopic (exact) mass is 231 g/mol. The first-order valence-corrected chi connectivity index (χ1v) is 5.08. The Labute approximate surface area is 97.7 Å². The number of halogens is 1. The molecule has 17 heavy (non-hydrogen) atoms. The minimum atomic E-state index is -0.537. The molecule has 4 nitrogen and oxygen atoms in total. The maximum Gasteiger partial charge on any atom is 0.143 e. The molecule has 1 aromatic carbocycles. The van der Waals surface area contributed by atoms with Crippen LogP contribution in [0.15, 0.2) is 35.1 Å². The van der Waals surface area contributed by atoms with Gasteiger partial charge in [-0.05, 0) is 19.1 Å². The van der Waals surface area contributed by atoms with Crippen LogP contribution in [-0.2, 0) is 0 Å². The van der Waals surface area contributed by atoms with E-state index in [9.17, 15) is 4.39 Å². The van der Waals surface area contributed by atoms with E-state index in [0.29, 0.717) is 11.4 Å². The van der Waals surface area contributed by atoms with Crippen LogP contribution < -0.4 is 5.32 Å². The molecule has 2 rings (SSSR count). The molecule has 1 heterocycles. The van der Waals surface area contributed by atoms with Crippen molar-refractivity contribution in [2.75, 3.05) is 5.32 Å². The van der Waals surface area contributed by atoms with Crippen LogP contribution >= 0.6 is 0 Å². The highest BCUT2D eigenvalue weighted by Crippen LogP contribution is 2.22. The van der Waals surface area contributed by atoms with Gasteiger partial charge in [-0.15, -0.1) is 0 Å². The zero-order valence-electron chi connectivity index (χ0n) is 9.14. The van der Waals surface area contributed by atoms with Crippen LogP contribution in [0.1, 0.15) is 24.2 Å². The van der Waals surface area contributed by atoms with Gasteiger partial charge in [0.15, 0.2) is 0 Å². The van der Waals surface area contributed by atoms with Gasteiger partial charge in [-0.3, -0.25) is 0 Å². The molecular weight excluding hydrogens is 221 g/mol. The summed E-state index contributed by atoms with van der Waals surface area (Å²) in [6.07, 6.45) is 1.46. The Balaban J connectivity index is 2.25.